The van der Waals surface area contributed by atoms with Gasteiger partial charge >= 0.3 is 0 Å². The van der Waals surface area contributed by atoms with E-state index in [0.29, 0.717) is 0 Å². The monoisotopic (exact) mass is 178 g/mol. The molecule has 0 bridgehead atoms. The number of rotatable bonds is 2. The minimum atomic E-state index is -0.420. The molecule has 0 amide bonds. The third kappa shape index (κ3) is 1.97. The van der Waals surface area contributed by atoms with Gasteiger partial charge in [0.05, 0.1) is 24.6 Å². The summed E-state index contributed by atoms with van der Waals surface area (Å²) in [4.78, 5) is 0. The van der Waals surface area contributed by atoms with Crippen LogP contribution in [-0.2, 0) is 0 Å². The zero-order chi connectivity index (χ0) is 6.74. The summed E-state index contributed by atoms with van der Waals surface area (Å²) in [5.74, 6) is 0. The zero-order valence-electron chi connectivity index (χ0n) is 6.81. The van der Waals surface area contributed by atoms with Crippen molar-refractivity contribution in [2.45, 2.75) is 13.8 Å². The Kier molecular flexibility index (Phi) is 4.56. The van der Waals surface area contributed by atoms with Crippen molar-refractivity contribution in [3.63, 3.8) is 0 Å². The van der Waals surface area contributed by atoms with Gasteiger partial charge in [0, 0.05) is 7.26 Å². The molecule has 1 aliphatic heterocycles. The van der Waals surface area contributed by atoms with Gasteiger partial charge in [-0.25, -0.2) is 0 Å². The van der Waals surface area contributed by atoms with Crippen LogP contribution in [0.5, 0.6) is 0 Å². The summed E-state index contributed by atoms with van der Waals surface area (Å²) in [6, 6.07) is 0. The van der Waals surface area contributed by atoms with Crippen LogP contribution >= 0.6 is 7.26 Å². The lowest BCUT2D eigenvalue weighted by molar-refractivity contribution is -0.00000204. The highest BCUT2D eigenvalue weighted by atomic mass is 35.5. The lowest BCUT2D eigenvalue weighted by Crippen LogP contribution is -3.00. The second-order valence-corrected chi connectivity index (χ2v) is 7.49. The van der Waals surface area contributed by atoms with E-state index in [1.807, 2.05) is 0 Å². The topological polar surface area (TPSA) is 0 Å². The highest BCUT2D eigenvalue weighted by Gasteiger charge is 2.33. The molecule has 0 saturated heterocycles. The normalized spacial score (nSPS) is 20.6. The Morgan fingerprint density at radius 1 is 1.10 bits per heavy atom. The first-order chi connectivity index (χ1) is 4.33. The standard InChI is InChI=1S/C8H16P.ClH/c1-3-9(4-2)7-5-6-8-9;/h5-6H,3-4,7-8H2,1-2H3;1H/q+1;/p-1. The first kappa shape index (κ1) is 10.5. The first-order valence-corrected chi connectivity index (χ1v) is 6.36. The molecule has 1 rings (SSSR count). The van der Waals surface area contributed by atoms with Crippen molar-refractivity contribution in [2.24, 2.45) is 0 Å². The molecule has 60 valence electrons. The summed E-state index contributed by atoms with van der Waals surface area (Å²) in [5.41, 5.74) is 0. The minimum Gasteiger partial charge on any atom is -1.00 e. The van der Waals surface area contributed by atoms with Crippen LogP contribution < -0.4 is 12.4 Å². The highest BCUT2D eigenvalue weighted by Crippen LogP contribution is 2.60. The molecule has 10 heavy (non-hydrogen) atoms. The van der Waals surface area contributed by atoms with Crippen molar-refractivity contribution in [3.05, 3.63) is 12.2 Å². The van der Waals surface area contributed by atoms with Gasteiger partial charge in [-0.2, -0.15) is 0 Å². The number of allylic oxidation sites excluding steroid dienone is 2. The molecule has 0 N–H and O–H groups in total. The second kappa shape index (κ2) is 4.36. The van der Waals surface area contributed by atoms with E-state index >= 15 is 0 Å². The molecular weight excluding hydrogens is 163 g/mol. The van der Waals surface area contributed by atoms with Crippen LogP contribution in [0.15, 0.2) is 12.2 Å². The molecular formula is C8H16ClP. The maximum absolute atomic E-state index is 2.38. The predicted molar refractivity (Wildman–Crippen MR) is 46.9 cm³/mol. The van der Waals surface area contributed by atoms with Crippen molar-refractivity contribution < 1.29 is 12.4 Å². The Labute approximate surface area is 70.8 Å². The third-order valence-corrected chi connectivity index (χ3v) is 7.15. The lowest BCUT2D eigenvalue weighted by Gasteiger charge is -2.17. The molecule has 0 aromatic rings. The van der Waals surface area contributed by atoms with Crippen LogP contribution in [0.25, 0.3) is 0 Å². The first-order valence-electron chi connectivity index (χ1n) is 3.83. The summed E-state index contributed by atoms with van der Waals surface area (Å²) in [6.07, 6.45) is 10.5. The van der Waals surface area contributed by atoms with Gasteiger partial charge in [-0.3, -0.25) is 0 Å². The molecule has 0 aromatic carbocycles. The largest absolute Gasteiger partial charge is 1.00 e. The molecule has 0 fully saturated rings. The Hall–Kier alpha value is 0.460. The molecule has 0 atom stereocenters. The fraction of sp³-hybridized carbons (Fsp3) is 0.750. The predicted octanol–water partition coefficient (Wildman–Crippen LogP) is -0.382. The van der Waals surface area contributed by atoms with Crippen LogP contribution in [0.3, 0.4) is 0 Å². The van der Waals surface area contributed by atoms with Crippen LogP contribution in [-0.4, -0.2) is 24.6 Å². The van der Waals surface area contributed by atoms with E-state index in [4.69, 9.17) is 0 Å². The van der Waals surface area contributed by atoms with Gasteiger partial charge in [-0.1, -0.05) is 0 Å². The molecule has 1 aliphatic rings. The Balaban J connectivity index is 0.000000810. The zero-order valence-corrected chi connectivity index (χ0v) is 8.46. The SMILES string of the molecule is CC[P+]1(CC)CC=CC1.[Cl-]. The van der Waals surface area contributed by atoms with Crippen molar-refractivity contribution in [2.75, 3.05) is 24.6 Å². The van der Waals surface area contributed by atoms with Crippen LogP contribution in [0.2, 0.25) is 0 Å². The molecule has 0 aromatic heterocycles. The van der Waals surface area contributed by atoms with E-state index in [0.717, 1.165) is 0 Å². The van der Waals surface area contributed by atoms with Crippen molar-refractivity contribution in [1.29, 1.82) is 0 Å². The van der Waals surface area contributed by atoms with E-state index in [1.165, 1.54) is 24.6 Å². The van der Waals surface area contributed by atoms with Gasteiger partial charge in [-0.05, 0) is 26.0 Å². The van der Waals surface area contributed by atoms with E-state index in [9.17, 15) is 0 Å². The molecule has 0 aliphatic carbocycles. The maximum atomic E-state index is 2.38. The Morgan fingerprint density at radius 3 is 1.70 bits per heavy atom. The fourth-order valence-corrected chi connectivity index (χ4v) is 4.23. The summed E-state index contributed by atoms with van der Waals surface area (Å²) in [5, 5.41) is 0. The molecule has 0 radical (unpaired) electrons. The van der Waals surface area contributed by atoms with Crippen molar-refractivity contribution in [1.82, 2.24) is 0 Å². The van der Waals surface area contributed by atoms with Gasteiger partial charge in [-0.15, -0.1) is 0 Å². The molecule has 0 spiro atoms. The molecule has 0 saturated carbocycles. The molecule has 0 unspecified atom stereocenters. The Bertz CT molecular complexity index is 106. The van der Waals surface area contributed by atoms with E-state index in [2.05, 4.69) is 26.0 Å². The lowest BCUT2D eigenvalue weighted by atomic mass is 10.6. The second-order valence-electron chi connectivity index (χ2n) is 2.81. The number of hydrogen-bond acceptors (Lipinski definition) is 0. The summed E-state index contributed by atoms with van der Waals surface area (Å²) >= 11 is 0. The van der Waals surface area contributed by atoms with E-state index < -0.39 is 7.26 Å². The highest BCUT2D eigenvalue weighted by molar-refractivity contribution is 7.76. The van der Waals surface area contributed by atoms with E-state index in [1.54, 1.807) is 0 Å². The molecule has 2 heteroatoms. The van der Waals surface area contributed by atoms with Crippen LogP contribution in [0.4, 0.5) is 0 Å². The van der Waals surface area contributed by atoms with Gasteiger partial charge in [0.15, 0.2) is 0 Å². The molecule has 0 nitrogen and oxygen atoms in total. The molecule has 1 heterocycles. The quantitative estimate of drug-likeness (QED) is 0.400. The average Bonchev–Trinajstić information content (AvgIpc) is 2.36. The minimum absolute atomic E-state index is 0. The smallest absolute Gasteiger partial charge is 0.0777 e. The third-order valence-electron chi connectivity index (χ3n) is 2.49. The van der Waals surface area contributed by atoms with Crippen LogP contribution in [0, 0.1) is 0 Å². The van der Waals surface area contributed by atoms with Gasteiger partial charge in [0.1, 0.15) is 0 Å². The van der Waals surface area contributed by atoms with Gasteiger partial charge in [0.25, 0.3) is 0 Å². The van der Waals surface area contributed by atoms with Crippen LogP contribution in [0.1, 0.15) is 13.8 Å². The number of hydrogen-bond donors (Lipinski definition) is 0. The average molecular weight is 179 g/mol. The summed E-state index contributed by atoms with van der Waals surface area (Å²) < 4.78 is 0. The maximum Gasteiger partial charge on any atom is 0.0777 e. The summed E-state index contributed by atoms with van der Waals surface area (Å²) in [6.45, 7) is 4.70. The summed E-state index contributed by atoms with van der Waals surface area (Å²) in [7, 11) is -0.420. The van der Waals surface area contributed by atoms with Gasteiger partial charge < -0.3 is 12.4 Å². The van der Waals surface area contributed by atoms with Crippen molar-refractivity contribution >= 4 is 7.26 Å². The Morgan fingerprint density at radius 2 is 1.50 bits per heavy atom. The fourth-order valence-electron chi connectivity index (χ4n) is 1.41. The van der Waals surface area contributed by atoms with Crippen molar-refractivity contribution in [3.8, 4) is 0 Å². The van der Waals surface area contributed by atoms with E-state index in [-0.39, 0.29) is 12.4 Å². The number of halogens is 1. The van der Waals surface area contributed by atoms with Gasteiger partial charge in [0.2, 0.25) is 0 Å².